The van der Waals surface area contributed by atoms with Gasteiger partial charge in [0, 0.05) is 25.4 Å². The number of alkyl halides is 4. The average Bonchev–Trinajstić information content (AvgIpc) is 2.45. The van der Waals surface area contributed by atoms with Crippen LogP contribution in [0.1, 0.15) is 10.4 Å². The van der Waals surface area contributed by atoms with E-state index in [4.69, 9.17) is 0 Å². The first-order chi connectivity index (χ1) is 9.86. The Kier molecular flexibility index (Phi) is 6.35. The van der Waals surface area contributed by atoms with Gasteiger partial charge in [-0.1, -0.05) is 0 Å². The van der Waals surface area contributed by atoms with Crippen LogP contribution >= 0.6 is 0 Å². The second kappa shape index (κ2) is 7.77. The lowest BCUT2D eigenvalue weighted by molar-refractivity contribution is -0.148. The first kappa shape index (κ1) is 17.2. The third-order valence-electron chi connectivity index (χ3n) is 2.39. The van der Waals surface area contributed by atoms with E-state index in [0.29, 0.717) is 13.1 Å². The number of carbonyl (C=O) groups excluding carboxylic acids is 1. The van der Waals surface area contributed by atoms with Crippen LogP contribution in [0.4, 0.5) is 17.6 Å². The second-order valence-electron chi connectivity index (χ2n) is 4.09. The fourth-order valence-electron chi connectivity index (χ4n) is 1.24. The fourth-order valence-corrected chi connectivity index (χ4v) is 1.24. The van der Waals surface area contributed by atoms with Crippen LogP contribution in [0, 0.1) is 0 Å². The van der Waals surface area contributed by atoms with Crippen molar-refractivity contribution >= 4 is 5.91 Å². The lowest BCUT2D eigenvalue weighted by Gasteiger charge is -2.15. The van der Waals surface area contributed by atoms with Gasteiger partial charge in [0.25, 0.3) is 5.91 Å². The van der Waals surface area contributed by atoms with Gasteiger partial charge in [-0.15, -0.1) is 0 Å². The number of aromatic nitrogens is 1. The Bertz CT molecular complexity index is 454. The third kappa shape index (κ3) is 5.54. The predicted octanol–water partition coefficient (Wildman–Crippen LogP) is 1.31. The zero-order chi connectivity index (χ0) is 15.9. The van der Waals surface area contributed by atoms with Gasteiger partial charge in [0.1, 0.15) is 0 Å². The molecule has 0 unspecified atom stereocenters. The standard InChI is InChI=1S/C12H15F4N3O2/c1-17-4-5-18-10(20)8-2-3-9(19-6-8)21-7-12(15,16)11(13)14/h2-3,6,11,17H,4-5,7H2,1H3,(H,18,20). The van der Waals surface area contributed by atoms with Crippen LogP contribution in [0.25, 0.3) is 0 Å². The number of halogens is 4. The number of hydrogen-bond donors (Lipinski definition) is 2. The Morgan fingerprint density at radius 1 is 1.38 bits per heavy atom. The van der Waals surface area contributed by atoms with E-state index in [1.54, 1.807) is 7.05 Å². The SMILES string of the molecule is CNCCNC(=O)c1ccc(OCC(F)(F)C(F)F)nc1. The van der Waals surface area contributed by atoms with E-state index in [0.717, 1.165) is 12.3 Å². The Morgan fingerprint density at radius 3 is 2.62 bits per heavy atom. The van der Waals surface area contributed by atoms with E-state index in [1.807, 2.05) is 0 Å². The Balaban J connectivity index is 2.52. The molecule has 0 aliphatic heterocycles. The molecular formula is C12H15F4N3O2. The van der Waals surface area contributed by atoms with Crippen LogP contribution in [0.5, 0.6) is 5.88 Å². The van der Waals surface area contributed by atoms with Crippen LogP contribution in [0.3, 0.4) is 0 Å². The molecule has 21 heavy (non-hydrogen) atoms. The highest BCUT2D eigenvalue weighted by Gasteiger charge is 2.41. The van der Waals surface area contributed by atoms with Crippen LogP contribution in [-0.4, -0.2) is 50.0 Å². The topological polar surface area (TPSA) is 63.2 Å². The minimum atomic E-state index is -4.25. The van der Waals surface area contributed by atoms with Crippen molar-refractivity contribution < 1.29 is 27.1 Å². The molecule has 0 aliphatic rings. The molecule has 0 saturated heterocycles. The molecule has 1 aromatic rings. The minimum Gasteiger partial charge on any atom is -0.471 e. The Labute approximate surface area is 118 Å². The normalized spacial score (nSPS) is 11.5. The molecule has 1 heterocycles. The van der Waals surface area contributed by atoms with E-state index >= 15 is 0 Å². The number of carbonyl (C=O) groups is 1. The molecule has 2 N–H and O–H groups in total. The molecule has 1 amide bonds. The summed E-state index contributed by atoms with van der Waals surface area (Å²) >= 11 is 0. The molecular weight excluding hydrogens is 294 g/mol. The molecule has 0 aliphatic carbocycles. The molecule has 0 aromatic carbocycles. The van der Waals surface area contributed by atoms with Gasteiger partial charge in [-0.3, -0.25) is 4.79 Å². The lowest BCUT2D eigenvalue weighted by Crippen LogP contribution is -2.34. The van der Waals surface area contributed by atoms with E-state index in [9.17, 15) is 22.4 Å². The van der Waals surface area contributed by atoms with Gasteiger partial charge in [0.2, 0.25) is 5.88 Å². The summed E-state index contributed by atoms with van der Waals surface area (Å²) < 4.78 is 53.6. The summed E-state index contributed by atoms with van der Waals surface area (Å²) in [5.41, 5.74) is 0.207. The number of likely N-dealkylation sites (N-methyl/N-ethyl adjacent to an activating group) is 1. The molecule has 0 bridgehead atoms. The molecule has 1 aromatic heterocycles. The van der Waals surface area contributed by atoms with Crippen LogP contribution in [0.2, 0.25) is 0 Å². The molecule has 0 atom stereocenters. The highest BCUT2D eigenvalue weighted by atomic mass is 19.3. The molecule has 1 rings (SSSR count). The van der Waals surface area contributed by atoms with Crippen molar-refractivity contribution in [1.29, 1.82) is 0 Å². The summed E-state index contributed by atoms with van der Waals surface area (Å²) in [6, 6.07) is 2.46. The molecule has 0 spiro atoms. The first-order valence-electron chi connectivity index (χ1n) is 6.04. The van der Waals surface area contributed by atoms with Crippen molar-refractivity contribution in [2.45, 2.75) is 12.3 Å². The Hall–Kier alpha value is -1.90. The first-order valence-corrected chi connectivity index (χ1v) is 6.04. The second-order valence-corrected chi connectivity index (χ2v) is 4.09. The number of hydrogen-bond acceptors (Lipinski definition) is 4. The number of nitrogens with one attached hydrogen (secondary N) is 2. The van der Waals surface area contributed by atoms with Gasteiger partial charge in [-0.25, -0.2) is 13.8 Å². The number of pyridine rings is 1. The zero-order valence-electron chi connectivity index (χ0n) is 11.2. The highest BCUT2D eigenvalue weighted by molar-refractivity contribution is 5.93. The third-order valence-corrected chi connectivity index (χ3v) is 2.39. The summed E-state index contributed by atoms with van der Waals surface area (Å²) in [5.74, 6) is -4.89. The van der Waals surface area contributed by atoms with Gasteiger partial charge in [-0.2, -0.15) is 8.78 Å². The molecule has 0 radical (unpaired) electrons. The number of rotatable bonds is 8. The number of ether oxygens (including phenoxy) is 1. The van der Waals surface area contributed by atoms with Crippen molar-refractivity contribution in [2.75, 3.05) is 26.7 Å². The van der Waals surface area contributed by atoms with Crippen LogP contribution in [-0.2, 0) is 0 Å². The highest BCUT2D eigenvalue weighted by Crippen LogP contribution is 2.23. The van der Waals surface area contributed by atoms with Gasteiger partial charge in [-0.05, 0) is 13.1 Å². The van der Waals surface area contributed by atoms with Gasteiger partial charge in [0.05, 0.1) is 5.56 Å². The van der Waals surface area contributed by atoms with Crippen LogP contribution < -0.4 is 15.4 Å². The molecule has 9 heteroatoms. The molecule has 118 valence electrons. The summed E-state index contributed by atoms with van der Waals surface area (Å²) in [6.45, 7) is -0.483. The fraction of sp³-hybridized carbons (Fsp3) is 0.500. The maximum absolute atomic E-state index is 12.6. The van der Waals surface area contributed by atoms with Crippen molar-refractivity contribution in [1.82, 2.24) is 15.6 Å². The average molecular weight is 309 g/mol. The summed E-state index contributed by atoms with van der Waals surface area (Å²) in [4.78, 5) is 15.2. The molecule has 0 fully saturated rings. The number of amides is 1. The Morgan fingerprint density at radius 2 is 2.10 bits per heavy atom. The van der Waals surface area contributed by atoms with Gasteiger partial charge < -0.3 is 15.4 Å². The van der Waals surface area contributed by atoms with Crippen molar-refractivity contribution in [2.24, 2.45) is 0 Å². The van der Waals surface area contributed by atoms with Gasteiger partial charge >= 0.3 is 12.3 Å². The van der Waals surface area contributed by atoms with Crippen molar-refractivity contribution in [3.05, 3.63) is 23.9 Å². The lowest BCUT2D eigenvalue weighted by atomic mass is 10.2. The monoisotopic (exact) mass is 309 g/mol. The summed E-state index contributed by atoms with van der Waals surface area (Å²) in [6.07, 6.45) is -2.69. The zero-order valence-corrected chi connectivity index (χ0v) is 11.2. The maximum Gasteiger partial charge on any atom is 0.340 e. The van der Waals surface area contributed by atoms with Crippen molar-refractivity contribution in [3.8, 4) is 5.88 Å². The van der Waals surface area contributed by atoms with E-state index in [-0.39, 0.29) is 17.4 Å². The maximum atomic E-state index is 12.6. The summed E-state index contributed by atoms with van der Waals surface area (Å²) in [5, 5.41) is 5.43. The van der Waals surface area contributed by atoms with E-state index in [2.05, 4.69) is 20.4 Å². The minimum absolute atomic E-state index is 0.207. The number of nitrogens with zero attached hydrogens (tertiary/aromatic N) is 1. The smallest absolute Gasteiger partial charge is 0.340 e. The largest absolute Gasteiger partial charge is 0.471 e. The van der Waals surface area contributed by atoms with Crippen LogP contribution in [0.15, 0.2) is 18.3 Å². The molecule has 5 nitrogen and oxygen atoms in total. The quantitative estimate of drug-likeness (QED) is 0.561. The van der Waals surface area contributed by atoms with E-state index in [1.165, 1.54) is 6.07 Å². The van der Waals surface area contributed by atoms with Crippen molar-refractivity contribution in [3.63, 3.8) is 0 Å². The summed E-state index contributed by atoms with van der Waals surface area (Å²) in [7, 11) is 1.73. The predicted molar refractivity (Wildman–Crippen MR) is 66.9 cm³/mol. The van der Waals surface area contributed by atoms with E-state index < -0.39 is 19.0 Å². The van der Waals surface area contributed by atoms with Gasteiger partial charge in [0.15, 0.2) is 6.61 Å². The molecule has 0 saturated carbocycles.